The van der Waals surface area contributed by atoms with Gasteiger partial charge in [-0.2, -0.15) is 13.2 Å². The summed E-state index contributed by atoms with van der Waals surface area (Å²) in [4.78, 5) is 12.9. The van der Waals surface area contributed by atoms with Crippen LogP contribution in [0.1, 0.15) is 25.0 Å². The number of halogens is 3. The summed E-state index contributed by atoms with van der Waals surface area (Å²) in [5.41, 5.74) is 1.73. The minimum Gasteiger partial charge on any atom is -0.368 e. The third-order valence-corrected chi connectivity index (χ3v) is 3.37. The van der Waals surface area contributed by atoms with E-state index in [2.05, 4.69) is 5.32 Å². The Kier molecular flexibility index (Phi) is 7.92. The number of amides is 2. The third kappa shape index (κ3) is 5.66. The first-order valence-corrected chi connectivity index (χ1v) is 8.06. The second kappa shape index (κ2) is 9.67. The number of rotatable bonds is 4. The summed E-state index contributed by atoms with van der Waals surface area (Å²) in [6.07, 6.45) is -4.56. The van der Waals surface area contributed by atoms with Crippen molar-refractivity contribution in [2.45, 2.75) is 26.6 Å². The molecule has 0 fully saturated rings. The van der Waals surface area contributed by atoms with Crippen LogP contribution in [0.15, 0.2) is 48.5 Å². The summed E-state index contributed by atoms with van der Waals surface area (Å²) in [6, 6.07) is 11.9. The van der Waals surface area contributed by atoms with Gasteiger partial charge in [-0.25, -0.2) is 10.6 Å². The zero-order chi connectivity index (χ0) is 19.7. The fraction of sp³-hybridized carbons (Fsp3) is 0.278. The van der Waals surface area contributed by atoms with Crippen LogP contribution in [0.2, 0.25) is 0 Å². The van der Waals surface area contributed by atoms with Gasteiger partial charge in [0.25, 0.3) is 0 Å². The second-order valence-electron chi connectivity index (χ2n) is 5.14. The number of para-hydroxylation sites is 1. The van der Waals surface area contributed by atoms with Crippen molar-refractivity contribution in [3.05, 3.63) is 59.7 Å². The Balaban J connectivity index is 0.00000163. The van der Waals surface area contributed by atoms with Crippen molar-refractivity contribution in [1.82, 2.24) is 5.43 Å². The Hall–Kier alpha value is -2.74. The Morgan fingerprint density at radius 3 is 2.23 bits per heavy atom. The predicted molar refractivity (Wildman–Crippen MR) is 97.7 cm³/mol. The fourth-order valence-corrected chi connectivity index (χ4v) is 2.38. The first-order chi connectivity index (χ1) is 12.3. The van der Waals surface area contributed by atoms with E-state index in [0.29, 0.717) is 0 Å². The SMILES string of the molecule is CC.CN(Cc1ccccc1)c1c(NC(=O)NN)cccc1C(F)(F)F. The number of hydrogen-bond donors (Lipinski definition) is 3. The van der Waals surface area contributed by atoms with Gasteiger partial charge in [-0.1, -0.05) is 50.2 Å². The monoisotopic (exact) mass is 368 g/mol. The molecule has 8 heteroatoms. The first kappa shape index (κ1) is 21.3. The van der Waals surface area contributed by atoms with Gasteiger partial charge in [-0.15, -0.1) is 0 Å². The molecule has 0 radical (unpaired) electrons. The maximum absolute atomic E-state index is 13.4. The standard InChI is InChI=1S/C16H17F3N4O.C2H6/c1-23(10-11-6-3-2-4-7-11)14-12(16(17,18)19)8-5-9-13(14)21-15(24)22-20;1-2/h2-9H,10,20H2,1H3,(H2,21,22,24);1-2H3. The molecule has 0 aromatic heterocycles. The quantitative estimate of drug-likeness (QED) is 0.427. The lowest BCUT2D eigenvalue weighted by atomic mass is 10.1. The van der Waals surface area contributed by atoms with E-state index >= 15 is 0 Å². The molecule has 0 unspecified atom stereocenters. The topological polar surface area (TPSA) is 70.4 Å². The molecule has 0 atom stereocenters. The molecule has 0 aliphatic rings. The van der Waals surface area contributed by atoms with Gasteiger partial charge in [-0.3, -0.25) is 5.43 Å². The number of benzene rings is 2. The lowest BCUT2D eigenvalue weighted by molar-refractivity contribution is -0.137. The van der Waals surface area contributed by atoms with Crippen molar-refractivity contribution in [2.24, 2.45) is 5.84 Å². The van der Waals surface area contributed by atoms with Crippen molar-refractivity contribution < 1.29 is 18.0 Å². The average molecular weight is 368 g/mol. The molecule has 2 aromatic rings. The Labute approximate surface area is 151 Å². The highest BCUT2D eigenvalue weighted by Gasteiger charge is 2.35. The normalized spacial score (nSPS) is 10.4. The zero-order valence-corrected chi connectivity index (χ0v) is 14.9. The number of nitrogens with zero attached hydrogens (tertiary/aromatic N) is 1. The lowest BCUT2D eigenvalue weighted by Gasteiger charge is -2.26. The number of carbonyl (C=O) groups excluding carboxylic acids is 1. The molecule has 2 aromatic carbocycles. The number of nitrogens with two attached hydrogens (primary N) is 1. The highest BCUT2D eigenvalue weighted by molar-refractivity contribution is 5.93. The molecule has 0 spiro atoms. The predicted octanol–water partition coefficient (Wildman–Crippen LogP) is 4.36. The van der Waals surface area contributed by atoms with Crippen molar-refractivity contribution in [2.75, 3.05) is 17.3 Å². The summed E-state index contributed by atoms with van der Waals surface area (Å²) in [7, 11) is 1.53. The van der Waals surface area contributed by atoms with E-state index in [1.807, 2.05) is 37.5 Å². The van der Waals surface area contributed by atoms with Crippen LogP contribution >= 0.6 is 0 Å². The fourth-order valence-electron chi connectivity index (χ4n) is 2.38. The van der Waals surface area contributed by atoms with Crippen LogP contribution in [0.25, 0.3) is 0 Å². The molecule has 2 rings (SSSR count). The van der Waals surface area contributed by atoms with Gasteiger partial charge in [0.15, 0.2) is 0 Å². The number of nitrogens with one attached hydrogen (secondary N) is 2. The molecule has 0 aliphatic carbocycles. The van der Waals surface area contributed by atoms with Gasteiger partial charge >= 0.3 is 12.2 Å². The highest BCUT2D eigenvalue weighted by atomic mass is 19.4. The van der Waals surface area contributed by atoms with Crippen molar-refractivity contribution in [3.63, 3.8) is 0 Å². The smallest absolute Gasteiger partial charge is 0.368 e. The Bertz CT molecular complexity index is 705. The van der Waals surface area contributed by atoms with Gasteiger partial charge in [0.05, 0.1) is 16.9 Å². The van der Waals surface area contributed by atoms with Crippen LogP contribution in [0.5, 0.6) is 0 Å². The number of anilines is 2. The average Bonchev–Trinajstić information content (AvgIpc) is 2.63. The van der Waals surface area contributed by atoms with E-state index in [0.717, 1.165) is 11.6 Å². The molecular weight excluding hydrogens is 345 g/mol. The molecule has 0 aliphatic heterocycles. The molecule has 2 amide bonds. The van der Waals surface area contributed by atoms with Crippen molar-refractivity contribution in [3.8, 4) is 0 Å². The van der Waals surface area contributed by atoms with E-state index in [1.165, 1.54) is 24.1 Å². The van der Waals surface area contributed by atoms with Crippen molar-refractivity contribution in [1.29, 1.82) is 0 Å². The third-order valence-electron chi connectivity index (χ3n) is 3.37. The zero-order valence-electron chi connectivity index (χ0n) is 14.9. The first-order valence-electron chi connectivity index (χ1n) is 8.06. The van der Waals surface area contributed by atoms with Gasteiger partial charge in [0.2, 0.25) is 0 Å². The van der Waals surface area contributed by atoms with E-state index in [1.54, 1.807) is 12.1 Å². The maximum Gasteiger partial charge on any atom is 0.418 e. The van der Waals surface area contributed by atoms with Crippen LogP contribution in [0.3, 0.4) is 0 Å². The number of hydrogen-bond acceptors (Lipinski definition) is 3. The molecule has 0 bridgehead atoms. The van der Waals surface area contributed by atoms with E-state index < -0.39 is 17.8 Å². The van der Waals surface area contributed by atoms with E-state index in [4.69, 9.17) is 5.84 Å². The summed E-state index contributed by atoms with van der Waals surface area (Å²) < 4.78 is 40.1. The molecule has 0 heterocycles. The minimum absolute atomic E-state index is 0.0196. The van der Waals surface area contributed by atoms with Crippen LogP contribution in [0.4, 0.5) is 29.3 Å². The van der Waals surface area contributed by atoms with Gasteiger partial charge in [0, 0.05) is 13.6 Å². The van der Waals surface area contributed by atoms with Crippen LogP contribution < -0.4 is 21.5 Å². The number of urea groups is 1. The van der Waals surface area contributed by atoms with Gasteiger partial charge in [-0.05, 0) is 17.7 Å². The summed E-state index contributed by atoms with van der Waals surface area (Å²) >= 11 is 0. The summed E-state index contributed by atoms with van der Waals surface area (Å²) in [5, 5.41) is 2.32. The summed E-state index contributed by atoms with van der Waals surface area (Å²) in [6.45, 7) is 4.24. The molecule has 0 saturated carbocycles. The van der Waals surface area contributed by atoms with Gasteiger partial charge < -0.3 is 10.2 Å². The van der Waals surface area contributed by atoms with Crippen molar-refractivity contribution >= 4 is 17.4 Å². The maximum atomic E-state index is 13.4. The second-order valence-corrected chi connectivity index (χ2v) is 5.14. The van der Waals surface area contributed by atoms with Gasteiger partial charge in [0.1, 0.15) is 0 Å². The molecule has 26 heavy (non-hydrogen) atoms. The number of alkyl halides is 3. The van der Waals surface area contributed by atoms with E-state index in [-0.39, 0.29) is 17.9 Å². The minimum atomic E-state index is -4.56. The largest absolute Gasteiger partial charge is 0.418 e. The van der Waals surface area contributed by atoms with Crippen LogP contribution in [0, 0.1) is 0 Å². The highest BCUT2D eigenvalue weighted by Crippen LogP contribution is 2.40. The number of carbonyl (C=O) groups is 1. The molecule has 142 valence electrons. The number of hydrazine groups is 1. The Morgan fingerprint density at radius 1 is 1.08 bits per heavy atom. The molecule has 5 nitrogen and oxygen atoms in total. The van der Waals surface area contributed by atoms with Crippen LogP contribution in [-0.4, -0.2) is 13.1 Å². The lowest BCUT2D eigenvalue weighted by Crippen LogP contribution is -2.35. The Morgan fingerprint density at radius 2 is 1.69 bits per heavy atom. The molecular formula is C18H23F3N4O. The van der Waals surface area contributed by atoms with E-state index in [9.17, 15) is 18.0 Å². The van der Waals surface area contributed by atoms with Crippen LogP contribution in [-0.2, 0) is 12.7 Å². The summed E-state index contributed by atoms with van der Waals surface area (Å²) in [5.74, 6) is 5.00. The molecule has 4 N–H and O–H groups in total. The molecule has 0 saturated heterocycles.